The molecule has 0 bridgehead atoms. The monoisotopic (exact) mass is 421 g/mol. The van der Waals surface area contributed by atoms with E-state index in [0.29, 0.717) is 12.5 Å². The summed E-state index contributed by atoms with van der Waals surface area (Å²) in [5, 5.41) is 12.8. The molecule has 22 heavy (non-hydrogen) atoms. The standard InChI is InChI=1S/C15H23N3O3.HI/c16-15(18-10-14-7-4-8-20-14)17-9-12(19)11-21-13-5-2-1-3-6-13;/h1-3,5-6,12,14,19H,4,7-11H2,(H3,16,17,18);1H. The van der Waals surface area contributed by atoms with Crippen molar-refractivity contribution in [3.63, 3.8) is 0 Å². The number of nitrogens with two attached hydrogens (primary N) is 1. The van der Waals surface area contributed by atoms with E-state index in [9.17, 15) is 5.11 Å². The molecular formula is C15H24IN3O3. The SMILES string of the molecule is I.NC(=NCC(O)COc1ccccc1)NCC1CCCO1. The van der Waals surface area contributed by atoms with Crippen LogP contribution in [0.25, 0.3) is 0 Å². The summed E-state index contributed by atoms with van der Waals surface area (Å²) in [4.78, 5) is 4.10. The Bertz CT molecular complexity index is 439. The van der Waals surface area contributed by atoms with Gasteiger partial charge < -0.3 is 25.6 Å². The molecule has 4 N–H and O–H groups in total. The normalized spacial score (nSPS) is 19.3. The Morgan fingerprint density at radius 3 is 2.91 bits per heavy atom. The van der Waals surface area contributed by atoms with E-state index in [1.165, 1.54) is 0 Å². The molecule has 1 fully saturated rings. The molecule has 0 saturated carbocycles. The molecule has 2 rings (SSSR count). The van der Waals surface area contributed by atoms with Gasteiger partial charge in [0, 0.05) is 13.2 Å². The first-order valence-corrected chi connectivity index (χ1v) is 7.25. The lowest BCUT2D eigenvalue weighted by molar-refractivity contribution is 0.112. The highest BCUT2D eigenvalue weighted by molar-refractivity contribution is 14.0. The van der Waals surface area contributed by atoms with Crippen molar-refractivity contribution in [2.75, 3.05) is 26.3 Å². The Morgan fingerprint density at radius 2 is 2.23 bits per heavy atom. The summed E-state index contributed by atoms with van der Waals surface area (Å²) in [5.41, 5.74) is 5.74. The molecule has 1 aromatic carbocycles. The predicted octanol–water partition coefficient (Wildman–Crippen LogP) is 1.13. The maximum Gasteiger partial charge on any atom is 0.188 e. The van der Waals surface area contributed by atoms with Crippen LogP contribution < -0.4 is 15.8 Å². The quantitative estimate of drug-likeness (QED) is 0.349. The van der Waals surface area contributed by atoms with Gasteiger partial charge in [0.1, 0.15) is 18.5 Å². The van der Waals surface area contributed by atoms with Crippen molar-refractivity contribution >= 4 is 29.9 Å². The molecule has 2 atom stereocenters. The van der Waals surface area contributed by atoms with Gasteiger partial charge in [-0.1, -0.05) is 18.2 Å². The number of para-hydroxylation sites is 1. The van der Waals surface area contributed by atoms with Gasteiger partial charge in [-0.15, -0.1) is 24.0 Å². The molecule has 1 aromatic rings. The van der Waals surface area contributed by atoms with E-state index in [0.717, 1.165) is 25.2 Å². The summed E-state index contributed by atoms with van der Waals surface area (Å²) in [5.74, 6) is 1.05. The number of rotatable bonds is 7. The fourth-order valence-electron chi connectivity index (χ4n) is 2.05. The van der Waals surface area contributed by atoms with Crippen LogP contribution in [0.4, 0.5) is 0 Å². The second kappa shape index (κ2) is 10.6. The summed E-state index contributed by atoms with van der Waals surface area (Å²) in [6, 6.07) is 9.36. The number of nitrogens with zero attached hydrogens (tertiary/aromatic N) is 1. The Balaban J connectivity index is 0.00000242. The van der Waals surface area contributed by atoms with Crippen LogP contribution in [0.2, 0.25) is 0 Å². The predicted molar refractivity (Wildman–Crippen MR) is 96.8 cm³/mol. The highest BCUT2D eigenvalue weighted by atomic mass is 127. The molecule has 0 spiro atoms. The maximum atomic E-state index is 9.80. The van der Waals surface area contributed by atoms with Crippen molar-refractivity contribution in [1.29, 1.82) is 0 Å². The lowest BCUT2D eigenvalue weighted by Gasteiger charge is -2.13. The average molecular weight is 421 g/mol. The molecule has 6 nitrogen and oxygen atoms in total. The van der Waals surface area contributed by atoms with Gasteiger partial charge in [0.05, 0.1) is 12.6 Å². The Labute approximate surface area is 148 Å². The third-order valence-electron chi connectivity index (χ3n) is 3.19. The summed E-state index contributed by atoms with van der Waals surface area (Å²) in [6.07, 6.45) is 1.67. The molecule has 124 valence electrons. The molecule has 1 saturated heterocycles. The third-order valence-corrected chi connectivity index (χ3v) is 3.19. The second-order valence-corrected chi connectivity index (χ2v) is 5.02. The van der Waals surface area contributed by atoms with Crippen LogP contribution in [0.5, 0.6) is 5.75 Å². The van der Waals surface area contributed by atoms with Gasteiger partial charge in [-0.2, -0.15) is 0 Å². The van der Waals surface area contributed by atoms with Gasteiger partial charge in [-0.05, 0) is 25.0 Å². The molecule has 1 heterocycles. The fourth-order valence-corrected chi connectivity index (χ4v) is 2.05. The van der Waals surface area contributed by atoms with Crippen LogP contribution in [-0.4, -0.2) is 49.6 Å². The van der Waals surface area contributed by atoms with Crippen LogP contribution in [0.15, 0.2) is 35.3 Å². The van der Waals surface area contributed by atoms with Crippen LogP contribution in [0.3, 0.4) is 0 Å². The first kappa shape index (κ1) is 19.0. The number of hydrogen-bond donors (Lipinski definition) is 3. The summed E-state index contributed by atoms with van der Waals surface area (Å²) in [7, 11) is 0. The third kappa shape index (κ3) is 7.28. The number of ether oxygens (including phenoxy) is 2. The van der Waals surface area contributed by atoms with Crippen LogP contribution in [-0.2, 0) is 4.74 Å². The van der Waals surface area contributed by atoms with Gasteiger partial charge in [0.25, 0.3) is 0 Å². The molecule has 1 aliphatic heterocycles. The molecular weight excluding hydrogens is 397 g/mol. The number of halogens is 1. The lowest BCUT2D eigenvalue weighted by atomic mass is 10.2. The summed E-state index contributed by atoms with van der Waals surface area (Å²) in [6.45, 7) is 1.87. The lowest BCUT2D eigenvalue weighted by Crippen LogP contribution is -2.38. The molecule has 0 amide bonds. The van der Waals surface area contributed by atoms with E-state index >= 15 is 0 Å². The Hall–Kier alpha value is -1.06. The number of aliphatic hydroxyl groups is 1. The van der Waals surface area contributed by atoms with Gasteiger partial charge in [0.2, 0.25) is 0 Å². The van der Waals surface area contributed by atoms with E-state index in [1.54, 1.807) is 0 Å². The van der Waals surface area contributed by atoms with E-state index in [-0.39, 0.29) is 43.2 Å². The van der Waals surface area contributed by atoms with Crippen molar-refractivity contribution < 1.29 is 14.6 Å². The van der Waals surface area contributed by atoms with E-state index in [2.05, 4.69) is 10.3 Å². The highest BCUT2D eigenvalue weighted by Gasteiger charge is 2.15. The fraction of sp³-hybridized carbons (Fsp3) is 0.533. The molecule has 0 aromatic heterocycles. The van der Waals surface area contributed by atoms with Gasteiger partial charge in [0.15, 0.2) is 5.96 Å². The molecule has 0 radical (unpaired) electrons. The summed E-state index contributed by atoms with van der Waals surface area (Å²) < 4.78 is 10.9. The smallest absolute Gasteiger partial charge is 0.188 e. The second-order valence-electron chi connectivity index (χ2n) is 5.02. The van der Waals surface area contributed by atoms with Crippen molar-refractivity contribution in [2.45, 2.75) is 25.0 Å². The van der Waals surface area contributed by atoms with E-state index in [4.69, 9.17) is 15.2 Å². The number of aliphatic imine (C=N–C) groups is 1. The van der Waals surface area contributed by atoms with Crippen molar-refractivity contribution in [3.05, 3.63) is 30.3 Å². The topological polar surface area (TPSA) is 89.1 Å². The number of aliphatic hydroxyl groups excluding tert-OH is 1. The zero-order valence-electron chi connectivity index (χ0n) is 12.5. The van der Waals surface area contributed by atoms with E-state index < -0.39 is 6.10 Å². The van der Waals surface area contributed by atoms with Crippen molar-refractivity contribution in [1.82, 2.24) is 5.32 Å². The number of hydrogen-bond acceptors (Lipinski definition) is 4. The summed E-state index contributed by atoms with van der Waals surface area (Å²) >= 11 is 0. The largest absolute Gasteiger partial charge is 0.491 e. The Morgan fingerprint density at radius 1 is 1.45 bits per heavy atom. The van der Waals surface area contributed by atoms with Gasteiger partial charge in [-0.3, -0.25) is 4.99 Å². The number of benzene rings is 1. The number of nitrogens with one attached hydrogen (secondary N) is 1. The minimum atomic E-state index is -0.687. The zero-order valence-corrected chi connectivity index (χ0v) is 14.8. The average Bonchev–Trinajstić information content (AvgIpc) is 3.03. The molecule has 1 aliphatic rings. The minimum absolute atomic E-state index is 0. The van der Waals surface area contributed by atoms with Crippen molar-refractivity contribution in [2.24, 2.45) is 10.7 Å². The minimum Gasteiger partial charge on any atom is -0.491 e. The van der Waals surface area contributed by atoms with Crippen LogP contribution in [0.1, 0.15) is 12.8 Å². The van der Waals surface area contributed by atoms with Crippen molar-refractivity contribution in [3.8, 4) is 5.75 Å². The zero-order chi connectivity index (χ0) is 14.9. The highest BCUT2D eigenvalue weighted by Crippen LogP contribution is 2.10. The first-order valence-electron chi connectivity index (χ1n) is 7.25. The van der Waals surface area contributed by atoms with E-state index in [1.807, 2.05) is 30.3 Å². The Kier molecular flexibility index (Phi) is 9.17. The van der Waals surface area contributed by atoms with Gasteiger partial charge in [-0.25, -0.2) is 0 Å². The molecule has 2 unspecified atom stereocenters. The molecule has 0 aliphatic carbocycles. The number of guanidine groups is 1. The molecule has 7 heteroatoms. The van der Waals surface area contributed by atoms with Gasteiger partial charge >= 0.3 is 0 Å². The van der Waals surface area contributed by atoms with Crippen LogP contribution in [0, 0.1) is 0 Å². The first-order chi connectivity index (χ1) is 10.2. The maximum absolute atomic E-state index is 9.80. The van der Waals surface area contributed by atoms with Crippen LogP contribution >= 0.6 is 24.0 Å².